The molecule has 0 bridgehead atoms. The van der Waals surface area contributed by atoms with Gasteiger partial charge in [-0.05, 0) is 31.9 Å². The van der Waals surface area contributed by atoms with Gasteiger partial charge in [0.1, 0.15) is 5.82 Å². The van der Waals surface area contributed by atoms with E-state index in [2.05, 4.69) is 0 Å². The summed E-state index contributed by atoms with van der Waals surface area (Å²) in [5.41, 5.74) is 1.21. The van der Waals surface area contributed by atoms with Crippen molar-refractivity contribution in [2.24, 2.45) is 5.92 Å². The van der Waals surface area contributed by atoms with E-state index in [4.69, 9.17) is 4.74 Å². The molecule has 0 atom stereocenters. The lowest BCUT2D eigenvalue weighted by atomic mass is 10.0. The van der Waals surface area contributed by atoms with Gasteiger partial charge in [-0.3, -0.25) is 4.79 Å². The maximum Gasteiger partial charge on any atom is 0.340 e. The second kappa shape index (κ2) is 7.43. The average Bonchev–Trinajstić information content (AvgIpc) is 2.74. The molecule has 1 amide bonds. The fourth-order valence-corrected chi connectivity index (χ4v) is 2.66. The number of halogens is 1. The topological polar surface area (TPSA) is 46.6 Å². The van der Waals surface area contributed by atoms with Gasteiger partial charge in [-0.25, -0.2) is 9.18 Å². The van der Waals surface area contributed by atoms with Crippen molar-refractivity contribution in [3.05, 3.63) is 52.5 Å². The summed E-state index contributed by atoms with van der Waals surface area (Å²) in [4.78, 5) is 26.7. The number of esters is 1. The molecule has 0 radical (unpaired) electrons. The van der Waals surface area contributed by atoms with E-state index < -0.39 is 11.8 Å². The van der Waals surface area contributed by atoms with Crippen molar-refractivity contribution < 1.29 is 18.7 Å². The van der Waals surface area contributed by atoms with Gasteiger partial charge >= 0.3 is 5.97 Å². The van der Waals surface area contributed by atoms with Crippen molar-refractivity contribution in [2.75, 3.05) is 13.2 Å². The molecular formula is C19H22FNO3. The third kappa shape index (κ3) is 3.55. The molecule has 1 aliphatic heterocycles. The van der Waals surface area contributed by atoms with Crippen LogP contribution < -0.4 is 0 Å². The standard InChI is InChI=1S/C19H22FNO3/c1-5-24-19(23)17-13(4)21(11-12(2)3)18(22)15(17)10-14-8-6-7-9-16(14)20/h6-10,12H,5,11H2,1-4H3/b15-10-. The Bertz CT molecular complexity index is 719. The number of nitrogens with zero attached hydrogens (tertiary/aromatic N) is 1. The first-order chi connectivity index (χ1) is 11.4. The summed E-state index contributed by atoms with van der Waals surface area (Å²) in [6.07, 6.45) is 1.42. The smallest absolute Gasteiger partial charge is 0.340 e. The van der Waals surface area contributed by atoms with Gasteiger partial charge in [0, 0.05) is 17.8 Å². The lowest BCUT2D eigenvalue weighted by Crippen LogP contribution is -2.28. The highest BCUT2D eigenvalue weighted by Crippen LogP contribution is 2.32. The Morgan fingerprint density at radius 1 is 1.33 bits per heavy atom. The minimum absolute atomic E-state index is 0.178. The predicted octanol–water partition coefficient (Wildman–Crippen LogP) is 3.54. The number of ether oxygens (including phenoxy) is 1. The first kappa shape index (κ1) is 17.9. The van der Waals surface area contributed by atoms with Gasteiger partial charge in [-0.1, -0.05) is 32.0 Å². The normalized spacial score (nSPS) is 16.5. The SMILES string of the molecule is CCOC(=O)C1=C(C)N(CC(C)C)C(=O)/C1=C\c1ccccc1F. The number of allylic oxidation sites excluding steroid dienone is 1. The van der Waals surface area contributed by atoms with Crippen molar-refractivity contribution >= 4 is 18.0 Å². The summed E-state index contributed by atoms with van der Waals surface area (Å²) in [5, 5.41) is 0. The van der Waals surface area contributed by atoms with E-state index in [9.17, 15) is 14.0 Å². The number of carbonyl (C=O) groups is 2. The summed E-state index contributed by atoms with van der Waals surface area (Å²) >= 11 is 0. The minimum Gasteiger partial charge on any atom is -0.462 e. The molecule has 4 nitrogen and oxygen atoms in total. The van der Waals surface area contributed by atoms with Gasteiger partial charge < -0.3 is 9.64 Å². The van der Waals surface area contributed by atoms with Crippen LogP contribution in [0, 0.1) is 11.7 Å². The first-order valence-corrected chi connectivity index (χ1v) is 8.03. The van der Waals surface area contributed by atoms with Gasteiger partial charge in [0.2, 0.25) is 0 Å². The van der Waals surface area contributed by atoms with Gasteiger partial charge in [-0.2, -0.15) is 0 Å². The quantitative estimate of drug-likeness (QED) is 0.612. The highest BCUT2D eigenvalue weighted by molar-refractivity contribution is 6.16. The van der Waals surface area contributed by atoms with E-state index in [1.165, 1.54) is 12.1 Å². The molecule has 0 aliphatic carbocycles. The van der Waals surface area contributed by atoms with Gasteiger partial charge in [0.15, 0.2) is 0 Å². The molecule has 24 heavy (non-hydrogen) atoms. The van der Waals surface area contributed by atoms with E-state index in [1.54, 1.807) is 36.9 Å². The minimum atomic E-state index is -0.558. The summed E-state index contributed by atoms with van der Waals surface area (Å²) in [5.74, 6) is -1.06. The van der Waals surface area contributed by atoms with Crippen LogP contribution in [0.5, 0.6) is 0 Å². The Hall–Kier alpha value is -2.43. The van der Waals surface area contributed by atoms with E-state index in [-0.39, 0.29) is 35.1 Å². The largest absolute Gasteiger partial charge is 0.462 e. The molecule has 0 unspecified atom stereocenters. The van der Waals surface area contributed by atoms with Crippen LogP contribution in [-0.2, 0) is 14.3 Å². The number of benzene rings is 1. The van der Waals surface area contributed by atoms with Crippen LogP contribution in [0.25, 0.3) is 6.08 Å². The van der Waals surface area contributed by atoms with Gasteiger partial charge in [0.25, 0.3) is 5.91 Å². The van der Waals surface area contributed by atoms with Crippen molar-refractivity contribution in [2.45, 2.75) is 27.7 Å². The third-order valence-corrected chi connectivity index (χ3v) is 3.74. The van der Waals surface area contributed by atoms with Gasteiger partial charge in [-0.15, -0.1) is 0 Å². The number of hydrogen-bond acceptors (Lipinski definition) is 3. The number of hydrogen-bond donors (Lipinski definition) is 0. The fraction of sp³-hybridized carbons (Fsp3) is 0.368. The summed E-state index contributed by atoms with van der Waals surface area (Å²) in [6, 6.07) is 6.14. The Labute approximate surface area is 141 Å². The van der Waals surface area contributed by atoms with Crippen LogP contribution in [0.4, 0.5) is 4.39 Å². The molecule has 0 saturated heterocycles. The molecule has 5 heteroatoms. The van der Waals surface area contributed by atoms with Crippen molar-refractivity contribution in [3.63, 3.8) is 0 Å². The van der Waals surface area contributed by atoms with Crippen LogP contribution in [0.1, 0.15) is 33.3 Å². The second-order valence-electron chi connectivity index (χ2n) is 6.07. The molecule has 0 saturated carbocycles. The molecular weight excluding hydrogens is 309 g/mol. The zero-order valence-corrected chi connectivity index (χ0v) is 14.4. The second-order valence-corrected chi connectivity index (χ2v) is 6.07. The molecule has 128 valence electrons. The van der Waals surface area contributed by atoms with E-state index in [0.29, 0.717) is 12.2 Å². The molecule has 0 fully saturated rings. The predicted molar refractivity (Wildman–Crippen MR) is 90.3 cm³/mol. The van der Waals surface area contributed by atoms with Crippen LogP contribution in [0.15, 0.2) is 41.1 Å². The summed E-state index contributed by atoms with van der Waals surface area (Å²) in [7, 11) is 0. The monoisotopic (exact) mass is 331 g/mol. The van der Waals surface area contributed by atoms with Crippen molar-refractivity contribution in [3.8, 4) is 0 Å². The molecule has 2 rings (SSSR count). The molecule has 0 N–H and O–H groups in total. The molecule has 0 aromatic heterocycles. The Morgan fingerprint density at radius 3 is 2.58 bits per heavy atom. The summed E-state index contributed by atoms with van der Waals surface area (Å²) in [6.45, 7) is 8.10. The van der Waals surface area contributed by atoms with Crippen molar-refractivity contribution in [1.29, 1.82) is 0 Å². The Balaban J connectivity index is 2.53. The maximum atomic E-state index is 13.9. The highest BCUT2D eigenvalue weighted by Gasteiger charge is 2.37. The van der Waals surface area contributed by atoms with E-state index in [1.807, 2.05) is 13.8 Å². The van der Waals surface area contributed by atoms with Crippen LogP contribution in [0.2, 0.25) is 0 Å². The zero-order valence-electron chi connectivity index (χ0n) is 14.4. The molecule has 1 aliphatic rings. The molecule has 0 spiro atoms. The third-order valence-electron chi connectivity index (χ3n) is 3.74. The summed E-state index contributed by atoms with van der Waals surface area (Å²) < 4.78 is 19.0. The first-order valence-electron chi connectivity index (χ1n) is 8.03. The Kier molecular flexibility index (Phi) is 5.54. The van der Waals surface area contributed by atoms with Crippen molar-refractivity contribution in [1.82, 2.24) is 4.90 Å². The fourth-order valence-electron chi connectivity index (χ4n) is 2.66. The van der Waals surface area contributed by atoms with E-state index in [0.717, 1.165) is 0 Å². The number of carbonyl (C=O) groups excluding carboxylic acids is 2. The Morgan fingerprint density at radius 2 is 2.00 bits per heavy atom. The van der Waals surface area contributed by atoms with Crippen LogP contribution >= 0.6 is 0 Å². The lowest BCUT2D eigenvalue weighted by molar-refractivity contribution is -0.138. The van der Waals surface area contributed by atoms with Gasteiger partial charge in [0.05, 0.1) is 17.8 Å². The van der Waals surface area contributed by atoms with Crippen LogP contribution in [-0.4, -0.2) is 29.9 Å². The van der Waals surface area contributed by atoms with Crippen LogP contribution in [0.3, 0.4) is 0 Å². The lowest BCUT2D eigenvalue weighted by Gasteiger charge is -2.19. The zero-order chi connectivity index (χ0) is 17.9. The number of amides is 1. The number of rotatable bonds is 5. The maximum absolute atomic E-state index is 13.9. The molecule has 1 heterocycles. The molecule has 1 aromatic rings. The molecule has 1 aromatic carbocycles. The van der Waals surface area contributed by atoms with E-state index >= 15 is 0 Å². The highest BCUT2D eigenvalue weighted by atomic mass is 19.1. The average molecular weight is 331 g/mol.